The zero-order chi connectivity index (χ0) is 30.0. The minimum absolute atomic E-state index is 0.0838. The van der Waals surface area contributed by atoms with Crippen LogP contribution in [0.25, 0.3) is 22.2 Å². The third kappa shape index (κ3) is 5.41. The first-order valence-electron chi connectivity index (χ1n) is 12.9. The molecule has 0 saturated carbocycles. The molecule has 42 heavy (non-hydrogen) atoms. The van der Waals surface area contributed by atoms with Crippen LogP contribution in [0.5, 0.6) is 17.2 Å². The van der Waals surface area contributed by atoms with E-state index in [4.69, 9.17) is 9.47 Å². The minimum atomic E-state index is -0.779. The number of rotatable bonds is 8. The van der Waals surface area contributed by atoms with Gasteiger partial charge in [0, 0.05) is 42.8 Å². The fourth-order valence-electron chi connectivity index (χ4n) is 4.66. The Morgan fingerprint density at radius 1 is 1.07 bits per heavy atom. The first kappa shape index (κ1) is 28.4. The second-order valence-electron chi connectivity index (χ2n) is 9.35. The van der Waals surface area contributed by atoms with Crippen LogP contribution in [0.4, 0.5) is 14.5 Å². The van der Waals surface area contributed by atoms with Gasteiger partial charge >= 0.3 is 0 Å². The van der Waals surface area contributed by atoms with Crippen molar-refractivity contribution in [1.29, 1.82) is 0 Å². The number of pyridine rings is 3. The van der Waals surface area contributed by atoms with Gasteiger partial charge in [0.15, 0.2) is 17.3 Å². The number of carbonyl (C=O) groups excluding carboxylic acids is 1. The summed E-state index contributed by atoms with van der Waals surface area (Å²) in [5, 5.41) is 12.6. The number of fused-ring (bicyclic) bond motifs is 1. The van der Waals surface area contributed by atoms with E-state index in [0.717, 1.165) is 6.07 Å². The highest BCUT2D eigenvalue weighted by atomic mass is 19.1. The van der Waals surface area contributed by atoms with Crippen molar-refractivity contribution in [2.45, 2.75) is 27.0 Å². The van der Waals surface area contributed by atoms with Crippen molar-refractivity contribution in [2.75, 3.05) is 12.4 Å². The number of halogens is 2. The molecule has 5 rings (SSSR count). The number of aromatic nitrogens is 3. The van der Waals surface area contributed by atoms with Gasteiger partial charge in [-0.2, -0.15) is 0 Å². The molecular formula is C31H26F2N4O5. The molecule has 9 nitrogen and oxygen atoms in total. The van der Waals surface area contributed by atoms with Crippen LogP contribution in [-0.2, 0) is 13.2 Å². The van der Waals surface area contributed by atoms with Gasteiger partial charge in [0.1, 0.15) is 22.6 Å². The summed E-state index contributed by atoms with van der Waals surface area (Å²) in [5.74, 6) is -1.36. The second-order valence-corrected chi connectivity index (χ2v) is 9.35. The molecule has 2 N–H and O–H groups in total. The van der Waals surface area contributed by atoms with Gasteiger partial charge < -0.3 is 24.5 Å². The molecule has 0 atom stereocenters. The highest BCUT2D eigenvalue weighted by Crippen LogP contribution is 2.32. The number of ether oxygens (including phenoxy) is 2. The highest BCUT2D eigenvalue weighted by molar-refractivity contribution is 6.04. The van der Waals surface area contributed by atoms with Crippen LogP contribution in [0.2, 0.25) is 0 Å². The molecule has 0 spiro atoms. The maximum atomic E-state index is 15.1. The van der Waals surface area contributed by atoms with Gasteiger partial charge in [-0.3, -0.25) is 14.6 Å². The molecule has 0 aliphatic rings. The largest absolute Gasteiger partial charge is 0.495 e. The van der Waals surface area contributed by atoms with Crippen LogP contribution in [-0.4, -0.2) is 32.7 Å². The summed E-state index contributed by atoms with van der Waals surface area (Å²) in [4.78, 5) is 35.4. The van der Waals surface area contributed by atoms with Crippen molar-refractivity contribution in [3.8, 4) is 28.4 Å². The summed E-state index contributed by atoms with van der Waals surface area (Å²) in [7, 11) is 1.51. The molecule has 0 saturated heterocycles. The maximum absolute atomic E-state index is 15.1. The predicted molar refractivity (Wildman–Crippen MR) is 153 cm³/mol. The average Bonchev–Trinajstić information content (AvgIpc) is 2.98. The molecule has 0 aliphatic heterocycles. The molecule has 0 aliphatic carbocycles. The Morgan fingerprint density at radius 3 is 2.57 bits per heavy atom. The van der Waals surface area contributed by atoms with Gasteiger partial charge in [0.05, 0.1) is 36.7 Å². The first-order valence-corrected chi connectivity index (χ1v) is 12.9. The van der Waals surface area contributed by atoms with Gasteiger partial charge in [0.2, 0.25) is 5.43 Å². The Hall–Kier alpha value is -5.16. The van der Waals surface area contributed by atoms with Gasteiger partial charge in [0.25, 0.3) is 5.91 Å². The van der Waals surface area contributed by atoms with Crippen LogP contribution >= 0.6 is 0 Å². The molecule has 2 aromatic carbocycles. The van der Waals surface area contributed by atoms with E-state index in [1.54, 1.807) is 30.5 Å². The Bertz CT molecular complexity index is 1890. The van der Waals surface area contributed by atoms with Crippen LogP contribution < -0.4 is 20.2 Å². The third-order valence-electron chi connectivity index (χ3n) is 6.75. The lowest BCUT2D eigenvalue weighted by Gasteiger charge is -2.18. The molecule has 0 radical (unpaired) electrons. The van der Waals surface area contributed by atoms with E-state index in [1.807, 2.05) is 0 Å². The van der Waals surface area contributed by atoms with E-state index in [2.05, 4.69) is 15.3 Å². The molecule has 0 fully saturated rings. The van der Waals surface area contributed by atoms with Crippen molar-refractivity contribution in [3.63, 3.8) is 0 Å². The number of aryl methyl sites for hydroxylation is 2. The second kappa shape index (κ2) is 11.8. The molecule has 5 aromatic rings. The van der Waals surface area contributed by atoms with Crippen molar-refractivity contribution < 1.29 is 28.2 Å². The lowest BCUT2D eigenvalue weighted by Crippen LogP contribution is -2.27. The SMILES string of the molecule is CCn1cc(C(=O)Nc2ccc(Oc3ccnc4cc(OC)cnc34)c(F)c2)c(=O)c(-c2ccc(F)cc2C)c1CO. The molecule has 11 heteroatoms. The number of methoxy groups -OCH3 is 1. The summed E-state index contributed by atoms with van der Waals surface area (Å²) in [5.41, 5.74) is 1.36. The van der Waals surface area contributed by atoms with Crippen LogP contribution in [0.1, 0.15) is 28.5 Å². The topological polar surface area (TPSA) is 116 Å². The van der Waals surface area contributed by atoms with Gasteiger partial charge in [-0.25, -0.2) is 13.8 Å². The van der Waals surface area contributed by atoms with Crippen LogP contribution in [0.15, 0.2) is 71.9 Å². The fraction of sp³-hybridized carbons (Fsp3) is 0.161. The molecule has 214 valence electrons. The fourth-order valence-corrected chi connectivity index (χ4v) is 4.66. The van der Waals surface area contributed by atoms with Crippen LogP contribution in [0.3, 0.4) is 0 Å². The number of nitrogens with one attached hydrogen (secondary N) is 1. The van der Waals surface area contributed by atoms with E-state index in [-0.39, 0.29) is 34.0 Å². The summed E-state index contributed by atoms with van der Waals surface area (Å²) in [6.07, 6.45) is 4.34. The Labute approximate surface area is 239 Å². The Balaban J connectivity index is 1.45. The summed E-state index contributed by atoms with van der Waals surface area (Å²) >= 11 is 0. The standard InChI is InChI=1S/C31H26F2N4O5/c1-4-37-15-22(30(39)28(25(37)16-38)21-7-5-18(32)11-17(21)2)31(40)36-19-6-8-26(23(33)12-19)42-27-9-10-34-24-13-20(41-3)14-35-29(24)27/h5-15,38H,4,16H2,1-3H3,(H,36,40). The van der Waals surface area contributed by atoms with E-state index in [1.165, 1.54) is 56.0 Å². The van der Waals surface area contributed by atoms with Crippen molar-refractivity contribution in [2.24, 2.45) is 0 Å². The van der Waals surface area contributed by atoms with Crippen LogP contribution in [0, 0.1) is 18.6 Å². The quantitative estimate of drug-likeness (QED) is 0.248. The number of amides is 1. The first-order chi connectivity index (χ1) is 20.2. The number of hydrogen-bond donors (Lipinski definition) is 2. The summed E-state index contributed by atoms with van der Waals surface area (Å²) < 4.78 is 41.4. The highest BCUT2D eigenvalue weighted by Gasteiger charge is 2.22. The lowest BCUT2D eigenvalue weighted by molar-refractivity contribution is 0.102. The Kier molecular flexibility index (Phi) is 7.94. The maximum Gasteiger partial charge on any atom is 0.261 e. The number of anilines is 1. The van der Waals surface area contributed by atoms with Crippen molar-refractivity contribution >= 4 is 22.6 Å². The average molecular weight is 573 g/mol. The lowest BCUT2D eigenvalue weighted by atomic mass is 9.96. The van der Waals surface area contributed by atoms with Gasteiger partial charge in [-0.05, 0) is 49.2 Å². The van der Waals surface area contributed by atoms with Gasteiger partial charge in [-0.1, -0.05) is 6.07 Å². The zero-order valence-electron chi connectivity index (χ0n) is 22.9. The molecule has 3 heterocycles. The number of benzene rings is 2. The molecule has 0 bridgehead atoms. The molecule has 0 unspecified atom stereocenters. The number of nitrogens with zero attached hydrogens (tertiary/aromatic N) is 3. The van der Waals surface area contributed by atoms with Crippen molar-refractivity contribution in [1.82, 2.24) is 14.5 Å². The summed E-state index contributed by atoms with van der Waals surface area (Å²) in [6, 6.07) is 11.0. The van der Waals surface area contributed by atoms with E-state index in [9.17, 15) is 19.1 Å². The predicted octanol–water partition coefficient (Wildman–Crippen LogP) is 5.61. The monoisotopic (exact) mass is 572 g/mol. The number of carbonyl (C=O) groups is 1. The minimum Gasteiger partial charge on any atom is -0.495 e. The zero-order valence-corrected chi connectivity index (χ0v) is 22.9. The molecule has 1 amide bonds. The molecular weight excluding hydrogens is 546 g/mol. The summed E-state index contributed by atoms with van der Waals surface area (Å²) in [6.45, 7) is 3.30. The van der Waals surface area contributed by atoms with E-state index >= 15 is 4.39 Å². The Morgan fingerprint density at radius 2 is 1.88 bits per heavy atom. The number of aliphatic hydroxyl groups excluding tert-OH is 1. The molecule has 3 aromatic heterocycles. The smallest absolute Gasteiger partial charge is 0.261 e. The van der Waals surface area contributed by atoms with E-state index < -0.39 is 29.6 Å². The number of aliphatic hydroxyl groups is 1. The van der Waals surface area contributed by atoms with Crippen molar-refractivity contribution in [3.05, 3.63) is 106 Å². The normalized spacial score (nSPS) is 11.0. The van der Waals surface area contributed by atoms with Gasteiger partial charge in [-0.15, -0.1) is 0 Å². The number of hydrogen-bond acceptors (Lipinski definition) is 7. The van der Waals surface area contributed by atoms with E-state index in [0.29, 0.717) is 34.5 Å². The third-order valence-corrected chi connectivity index (χ3v) is 6.75.